The van der Waals surface area contributed by atoms with Gasteiger partial charge in [0.1, 0.15) is 19.0 Å². The van der Waals surface area contributed by atoms with Gasteiger partial charge in [0.05, 0.1) is 19.3 Å². The van der Waals surface area contributed by atoms with Crippen molar-refractivity contribution < 1.29 is 29.3 Å². The molecule has 0 aromatic carbocycles. The van der Waals surface area contributed by atoms with E-state index in [2.05, 4.69) is 20.4 Å². The van der Waals surface area contributed by atoms with Crippen LogP contribution in [0.4, 0.5) is 9.59 Å². The number of hydrogen-bond donors (Lipinski definition) is 4. The number of alkyl carbamates (subject to hydrolysis) is 1. The summed E-state index contributed by atoms with van der Waals surface area (Å²) in [6.45, 7) is 1.49. The van der Waals surface area contributed by atoms with Gasteiger partial charge in [-0.3, -0.25) is 15.5 Å². The zero-order valence-electron chi connectivity index (χ0n) is 11.5. The summed E-state index contributed by atoms with van der Waals surface area (Å²) in [4.78, 5) is 28.4. The van der Waals surface area contributed by atoms with Crippen molar-refractivity contribution in [2.45, 2.75) is 31.8 Å². The van der Waals surface area contributed by atoms with Gasteiger partial charge in [-0.1, -0.05) is 0 Å². The minimum absolute atomic E-state index is 0.00745. The summed E-state index contributed by atoms with van der Waals surface area (Å²) in [5, 5.41) is 23.3. The quantitative estimate of drug-likeness (QED) is 0.503. The first-order valence-electron chi connectivity index (χ1n) is 6.55. The van der Waals surface area contributed by atoms with Crippen LogP contribution in [0.15, 0.2) is 4.99 Å². The fourth-order valence-electron chi connectivity index (χ4n) is 2.05. The van der Waals surface area contributed by atoms with E-state index in [1.165, 1.54) is 4.90 Å². The summed E-state index contributed by atoms with van der Waals surface area (Å²) in [5.74, 6) is -0.00745. The standard InChI is InChI=1S/C11H18N4O6/c1-2-20-11(19)14-9-12-5-15(10(18)13-9)8-3-6(17)7(4-16)21-8/h6-8,16-17H,2-5H2,1H3,(H2,12,13,14,18,19). The molecule has 21 heavy (non-hydrogen) atoms. The van der Waals surface area contributed by atoms with Gasteiger partial charge < -0.3 is 19.7 Å². The Morgan fingerprint density at radius 3 is 3.00 bits per heavy atom. The van der Waals surface area contributed by atoms with Gasteiger partial charge >= 0.3 is 12.1 Å². The first-order chi connectivity index (χ1) is 10.0. The van der Waals surface area contributed by atoms with Crippen LogP contribution < -0.4 is 10.6 Å². The normalized spacial score (nSPS) is 28.9. The Morgan fingerprint density at radius 1 is 1.67 bits per heavy atom. The minimum atomic E-state index is -0.837. The SMILES string of the molecule is CCOC(=O)NC1=NCN(C2CC(O)C(CO)O2)C(=O)N1. The molecule has 2 heterocycles. The molecule has 1 fully saturated rings. The van der Waals surface area contributed by atoms with Gasteiger partial charge in [0.25, 0.3) is 0 Å². The molecule has 0 spiro atoms. The van der Waals surface area contributed by atoms with Gasteiger partial charge in [0, 0.05) is 6.42 Å². The lowest BCUT2D eigenvalue weighted by Crippen LogP contribution is -2.56. The van der Waals surface area contributed by atoms with Gasteiger partial charge in [-0.15, -0.1) is 0 Å². The van der Waals surface area contributed by atoms with E-state index in [1.54, 1.807) is 6.92 Å². The summed E-state index contributed by atoms with van der Waals surface area (Å²) >= 11 is 0. The maximum absolute atomic E-state index is 12.0. The molecule has 3 atom stereocenters. The molecule has 0 aliphatic carbocycles. The van der Waals surface area contributed by atoms with Crippen molar-refractivity contribution in [2.75, 3.05) is 19.9 Å². The van der Waals surface area contributed by atoms with E-state index < -0.39 is 30.6 Å². The van der Waals surface area contributed by atoms with Gasteiger partial charge in [-0.2, -0.15) is 0 Å². The molecule has 0 aromatic rings. The third-order valence-electron chi connectivity index (χ3n) is 3.10. The fourth-order valence-corrected chi connectivity index (χ4v) is 2.05. The molecule has 0 bridgehead atoms. The van der Waals surface area contributed by atoms with Crippen molar-refractivity contribution >= 4 is 18.1 Å². The van der Waals surface area contributed by atoms with Crippen LogP contribution in [0.3, 0.4) is 0 Å². The second kappa shape index (κ2) is 6.70. The number of amides is 3. The van der Waals surface area contributed by atoms with Crippen LogP contribution in [0.2, 0.25) is 0 Å². The number of aliphatic imine (C=N–C) groups is 1. The number of hydrogen-bond acceptors (Lipinski definition) is 7. The van der Waals surface area contributed by atoms with E-state index in [0.29, 0.717) is 0 Å². The Labute approximate surface area is 120 Å². The average molecular weight is 302 g/mol. The molecule has 1 saturated heterocycles. The predicted molar refractivity (Wildman–Crippen MR) is 69.2 cm³/mol. The van der Waals surface area contributed by atoms with Gasteiger partial charge in [-0.05, 0) is 6.92 Å². The van der Waals surface area contributed by atoms with Crippen molar-refractivity contribution in [3.63, 3.8) is 0 Å². The molecular formula is C11H18N4O6. The van der Waals surface area contributed by atoms with Crippen molar-refractivity contribution in [2.24, 2.45) is 4.99 Å². The van der Waals surface area contributed by atoms with Crippen LogP contribution >= 0.6 is 0 Å². The number of aliphatic hydroxyl groups excluding tert-OH is 2. The van der Waals surface area contributed by atoms with Crippen molar-refractivity contribution in [1.82, 2.24) is 15.5 Å². The molecule has 0 saturated carbocycles. The summed E-state index contributed by atoms with van der Waals surface area (Å²) in [6, 6.07) is -0.521. The van der Waals surface area contributed by atoms with E-state index >= 15 is 0 Å². The average Bonchev–Trinajstić information content (AvgIpc) is 2.80. The molecule has 2 aliphatic rings. The fraction of sp³-hybridized carbons (Fsp3) is 0.727. The lowest BCUT2D eigenvalue weighted by molar-refractivity contribution is -0.0637. The van der Waals surface area contributed by atoms with Crippen LogP contribution in [0.25, 0.3) is 0 Å². The van der Waals surface area contributed by atoms with Crippen molar-refractivity contribution in [3.8, 4) is 0 Å². The van der Waals surface area contributed by atoms with Crippen LogP contribution in [-0.4, -0.2) is 71.5 Å². The summed E-state index contributed by atoms with van der Waals surface area (Å²) in [7, 11) is 0. The third kappa shape index (κ3) is 3.60. The topological polar surface area (TPSA) is 133 Å². The number of carbonyl (C=O) groups excluding carboxylic acids is 2. The summed E-state index contributed by atoms with van der Waals surface area (Å²) in [6.07, 6.45) is -2.75. The maximum atomic E-state index is 12.0. The molecule has 0 aromatic heterocycles. The van der Waals surface area contributed by atoms with E-state index in [0.717, 1.165) is 0 Å². The van der Waals surface area contributed by atoms with Gasteiger partial charge in [-0.25, -0.2) is 14.6 Å². The van der Waals surface area contributed by atoms with E-state index in [4.69, 9.17) is 9.84 Å². The predicted octanol–water partition coefficient (Wildman–Crippen LogP) is -1.46. The largest absolute Gasteiger partial charge is 0.450 e. The van der Waals surface area contributed by atoms with E-state index in [-0.39, 0.29) is 32.3 Å². The molecule has 10 heteroatoms. The number of rotatable bonds is 3. The number of ether oxygens (including phenoxy) is 2. The molecule has 3 amide bonds. The maximum Gasteiger partial charge on any atom is 0.413 e. The van der Waals surface area contributed by atoms with Gasteiger partial charge in [0.2, 0.25) is 5.96 Å². The van der Waals surface area contributed by atoms with Crippen molar-refractivity contribution in [1.29, 1.82) is 0 Å². The Balaban J connectivity index is 1.93. The number of aliphatic hydroxyl groups is 2. The third-order valence-corrected chi connectivity index (χ3v) is 3.10. The highest BCUT2D eigenvalue weighted by Crippen LogP contribution is 2.23. The van der Waals surface area contributed by atoms with Crippen LogP contribution in [0, 0.1) is 0 Å². The Hall–Kier alpha value is -1.91. The molecule has 4 N–H and O–H groups in total. The van der Waals surface area contributed by atoms with Crippen LogP contribution in [0.5, 0.6) is 0 Å². The number of guanidine groups is 1. The molecule has 118 valence electrons. The molecular weight excluding hydrogens is 284 g/mol. The number of nitrogens with zero attached hydrogens (tertiary/aromatic N) is 2. The number of urea groups is 1. The lowest BCUT2D eigenvalue weighted by Gasteiger charge is -2.30. The second-order valence-corrected chi connectivity index (χ2v) is 4.51. The van der Waals surface area contributed by atoms with Crippen molar-refractivity contribution in [3.05, 3.63) is 0 Å². The molecule has 0 radical (unpaired) electrons. The minimum Gasteiger partial charge on any atom is -0.450 e. The second-order valence-electron chi connectivity index (χ2n) is 4.51. The smallest absolute Gasteiger partial charge is 0.413 e. The van der Waals surface area contributed by atoms with E-state index in [9.17, 15) is 14.7 Å². The monoisotopic (exact) mass is 302 g/mol. The zero-order valence-corrected chi connectivity index (χ0v) is 11.5. The Kier molecular flexibility index (Phi) is 4.94. The first kappa shape index (κ1) is 15.5. The summed E-state index contributed by atoms with van der Waals surface area (Å²) in [5.41, 5.74) is 0. The van der Waals surface area contributed by atoms with Gasteiger partial charge in [0.15, 0.2) is 0 Å². The molecule has 2 rings (SSSR count). The number of nitrogens with one attached hydrogen (secondary N) is 2. The van der Waals surface area contributed by atoms with Crippen LogP contribution in [0.1, 0.15) is 13.3 Å². The molecule has 2 aliphatic heterocycles. The lowest BCUT2D eigenvalue weighted by atomic mass is 10.2. The highest BCUT2D eigenvalue weighted by Gasteiger charge is 2.39. The number of carbonyl (C=O) groups is 2. The highest BCUT2D eigenvalue weighted by atomic mass is 16.6. The molecule has 3 unspecified atom stereocenters. The highest BCUT2D eigenvalue weighted by molar-refractivity contribution is 6.03. The zero-order chi connectivity index (χ0) is 15.4. The molecule has 10 nitrogen and oxygen atoms in total. The Bertz CT molecular complexity index is 442. The van der Waals surface area contributed by atoms with Crippen LogP contribution in [-0.2, 0) is 9.47 Å². The first-order valence-corrected chi connectivity index (χ1v) is 6.55. The van der Waals surface area contributed by atoms with E-state index in [1.807, 2.05) is 0 Å². The summed E-state index contributed by atoms with van der Waals surface area (Å²) < 4.78 is 10.0. The Morgan fingerprint density at radius 2 is 2.43 bits per heavy atom.